The van der Waals surface area contributed by atoms with Gasteiger partial charge >= 0.3 is 0 Å². The summed E-state index contributed by atoms with van der Waals surface area (Å²) in [6, 6.07) is 16.1. The summed E-state index contributed by atoms with van der Waals surface area (Å²) >= 11 is 0. The van der Waals surface area contributed by atoms with E-state index in [0.29, 0.717) is 0 Å². The van der Waals surface area contributed by atoms with Crippen molar-refractivity contribution >= 4 is 11.4 Å². The first kappa shape index (κ1) is 14.9. The largest absolute Gasteiger partial charge is 0.399 e. The molecule has 2 rings (SSSR count). The average molecular weight is 278 g/mol. The van der Waals surface area contributed by atoms with Crippen molar-refractivity contribution in [1.82, 2.24) is 0 Å². The third kappa shape index (κ3) is 3.00. The van der Waals surface area contributed by atoms with Gasteiger partial charge in [-0.05, 0) is 48.2 Å². The van der Waals surface area contributed by atoms with Crippen LogP contribution in [-0.4, -0.2) is 0 Å². The van der Waals surface area contributed by atoms with Crippen LogP contribution >= 0.6 is 0 Å². The van der Waals surface area contributed by atoms with Gasteiger partial charge in [0, 0.05) is 16.8 Å². The molecule has 0 fully saturated rings. The highest BCUT2D eigenvalue weighted by atomic mass is 14.5. The maximum atomic E-state index is 5.82. The first-order valence-corrected chi connectivity index (χ1v) is 7.06. The van der Waals surface area contributed by atoms with E-state index in [2.05, 4.69) is 37.4 Å². The standard InChI is InChI=1S/C19H22N2/c1-3-13-19(14-4-2,15-5-9-17(20)10-6-15)16-7-11-18(21)12-8-16/h3-12H,1-2,13-14,20-21H2. The Morgan fingerprint density at radius 1 is 0.714 bits per heavy atom. The predicted octanol–water partition coefficient (Wildman–Crippen LogP) is 4.29. The Kier molecular flexibility index (Phi) is 4.49. The average Bonchev–Trinajstić information content (AvgIpc) is 2.48. The molecule has 2 aromatic carbocycles. The molecular formula is C19H22N2. The minimum absolute atomic E-state index is 0.176. The van der Waals surface area contributed by atoms with E-state index in [1.807, 2.05) is 36.4 Å². The molecule has 2 nitrogen and oxygen atoms in total. The van der Waals surface area contributed by atoms with Gasteiger partial charge in [-0.25, -0.2) is 0 Å². The van der Waals surface area contributed by atoms with Gasteiger partial charge in [0.15, 0.2) is 0 Å². The number of anilines is 2. The molecule has 0 saturated heterocycles. The second-order valence-corrected chi connectivity index (χ2v) is 5.31. The van der Waals surface area contributed by atoms with Gasteiger partial charge in [-0.3, -0.25) is 0 Å². The van der Waals surface area contributed by atoms with Gasteiger partial charge in [0.25, 0.3) is 0 Å². The summed E-state index contributed by atoms with van der Waals surface area (Å²) < 4.78 is 0. The molecule has 0 saturated carbocycles. The van der Waals surface area contributed by atoms with E-state index in [-0.39, 0.29) is 5.41 Å². The fourth-order valence-corrected chi connectivity index (χ4v) is 2.82. The molecule has 0 atom stereocenters. The second kappa shape index (κ2) is 6.31. The molecule has 0 unspecified atom stereocenters. The molecule has 2 heteroatoms. The maximum absolute atomic E-state index is 5.82. The quantitative estimate of drug-likeness (QED) is 0.611. The summed E-state index contributed by atoms with van der Waals surface area (Å²) in [5.74, 6) is 0. The van der Waals surface area contributed by atoms with E-state index in [9.17, 15) is 0 Å². The van der Waals surface area contributed by atoms with Crippen LogP contribution in [0.2, 0.25) is 0 Å². The second-order valence-electron chi connectivity index (χ2n) is 5.31. The summed E-state index contributed by atoms with van der Waals surface area (Å²) in [4.78, 5) is 0. The fraction of sp³-hybridized carbons (Fsp3) is 0.158. The van der Waals surface area contributed by atoms with Gasteiger partial charge in [-0.1, -0.05) is 36.4 Å². The lowest BCUT2D eigenvalue weighted by Crippen LogP contribution is -2.26. The Labute approximate surface area is 126 Å². The SMILES string of the molecule is C=CCC(CC=C)(c1ccc(N)cc1)c1ccc(N)cc1. The molecule has 0 spiro atoms. The number of allylic oxidation sites excluding steroid dienone is 2. The zero-order valence-electron chi connectivity index (χ0n) is 12.3. The minimum atomic E-state index is -0.176. The first-order valence-electron chi connectivity index (χ1n) is 7.06. The lowest BCUT2D eigenvalue weighted by molar-refractivity contribution is 0.529. The van der Waals surface area contributed by atoms with Crippen LogP contribution in [0.15, 0.2) is 73.8 Å². The normalized spacial score (nSPS) is 11.0. The lowest BCUT2D eigenvalue weighted by Gasteiger charge is -2.33. The predicted molar refractivity (Wildman–Crippen MR) is 92.1 cm³/mol. The van der Waals surface area contributed by atoms with Crippen molar-refractivity contribution in [2.45, 2.75) is 18.3 Å². The van der Waals surface area contributed by atoms with E-state index in [1.165, 1.54) is 11.1 Å². The molecule has 2 aromatic rings. The maximum Gasteiger partial charge on any atom is 0.0314 e. The number of nitrogen functional groups attached to an aromatic ring is 2. The molecule has 0 aliphatic heterocycles. The zero-order valence-corrected chi connectivity index (χ0v) is 12.3. The monoisotopic (exact) mass is 278 g/mol. The summed E-state index contributed by atoms with van der Waals surface area (Å²) in [5.41, 5.74) is 15.4. The highest BCUT2D eigenvalue weighted by Gasteiger charge is 2.31. The van der Waals surface area contributed by atoms with Gasteiger partial charge in [0.05, 0.1) is 0 Å². The van der Waals surface area contributed by atoms with Crippen molar-refractivity contribution in [2.75, 3.05) is 11.5 Å². The lowest BCUT2D eigenvalue weighted by atomic mass is 9.69. The van der Waals surface area contributed by atoms with E-state index in [1.54, 1.807) is 0 Å². The van der Waals surface area contributed by atoms with Crippen LogP contribution in [0.1, 0.15) is 24.0 Å². The molecule has 0 bridgehead atoms. The van der Waals surface area contributed by atoms with Crippen LogP contribution in [0, 0.1) is 0 Å². The number of nitrogens with two attached hydrogens (primary N) is 2. The Morgan fingerprint density at radius 2 is 1.05 bits per heavy atom. The smallest absolute Gasteiger partial charge is 0.0314 e. The van der Waals surface area contributed by atoms with Crippen LogP contribution in [0.3, 0.4) is 0 Å². The number of hydrogen-bond donors (Lipinski definition) is 2. The van der Waals surface area contributed by atoms with Gasteiger partial charge in [-0.15, -0.1) is 13.2 Å². The molecule has 0 radical (unpaired) electrons. The molecular weight excluding hydrogens is 256 g/mol. The molecule has 21 heavy (non-hydrogen) atoms. The molecule has 0 aromatic heterocycles. The van der Waals surface area contributed by atoms with Crippen LogP contribution < -0.4 is 11.5 Å². The number of hydrogen-bond acceptors (Lipinski definition) is 2. The van der Waals surface area contributed by atoms with Gasteiger partial charge < -0.3 is 11.5 Å². The summed E-state index contributed by atoms with van der Waals surface area (Å²) in [5, 5.41) is 0. The van der Waals surface area contributed by atoms with Gasteiger partial charge in [0.2, 0.25) is 0 Å². The van der Waals surface area contributed by atoms with Crippen LogP contribution in [0.5, 0.6) is 0 Å². The molecule has 0 aliphatic carbocycles. The van der Waals surface area contributed by atoms with Crippen molar-refractivity contribution in [3.05, 3.63) is 85.0 Å². The van der Waals surface area contributed by atoms with Gasteiger partial charge in [-0.2, -0.15) is 0 Å². The number of benzene rings is 2. The van der Waals surface area contributed by atoms with Gasteiger partial charge in [0.1, 0.15) is 0 Å². The molecule has 108 valence electrons. The Hall–Kier alpha value is -2.48. The molecule has 0 heterocycles. The fourth-order valence-electron chi connectivity index (χ4n) is 2.82. The van der Waals surface area contributed by atoms with Crippen molar-refractivity contribution < 1.29 is 0 Å². The van der Waals surface area contributed by atoms with E-state index < -0.39 is 0 Å². The Balaban J connectivity index is 2.61. The molecule has 4 N–H and O–H groups in total. The highest BCUT2D eigenvalue weighted by Crippen LogP contribution is 2.40. The van der Waals surface area contributed by atoms with E-state index >= 15 is 0 Å². The first-order chi connectivity index (χ1) is 10.1. The Bertz CT molecular complexity index is 552. The third-order valence-corrected chi connectivity index (χ3v) is 3.91. The minimum Gasteiger partial charge on any atom is -0.399 e. The van der Waals surface area contributed by atoms with E-state index in [0.717, 1.165) is 24.2 Å². The molecule has 0 amide bonds. The highest BCUT2D eigenvalue weighted by molar-refractivity contribution is 5.49. The summed E-state index contributed by atoms with van der Waals surface area (Å²) in [7, 11) is 0. The van der Waals surface area contributed by atoms with Crippen LogP contribution in [-0.2, 0) is 5.41 Å². The summed E-state index contributed by atoms with van der Waals surface area (Å²) in [6.45, 7) is 7.86. The van der Waals surface area contributed by atoms with Crippen LogP contribution in [0.4, 0.5) is 11.4 Å². The van der Waals surface area contributed by atoms with Crippen LogP contribution in [0.25, 0.3) is 0 Å². The molecule has 0 aliphatic rings. The summed E-state index contributed by atoms with van der Waals surface area (Å²) in [6.07, 6.45) is 5.56. The zero-order chi connectivity index (χ0) is 15.3. The van der Waals surface area contributed by atoms with Crippen molar-refractivity contribution in [2.24, 2.45) is 0 Å². The van der Waals surface area contributed by atoms with Crippen molar-refractivity contribution in [1.29, 1.82) is 0 Å². The van der Waals surface area contributed by atoms with Crippen molar-refractivity contribution in [3.8, 4) is 0 Å². The van der Waals surface area contributed by atoms with E-state index in [4.69, 9.17) is 11.5 Å². The topological polar surface area (TPSA) is 52.0 Å². The Morgan fingerprint density at radius 3 is 1.33 bits per heavy atom. The third-order valence-electron chi connectivity index (χ3n) is 3.91. The van der Waals surface area contributed by atoms with Crippen molar-refractivity contribution in [3.63, 3.8) is 0 Å². The number of rotatable bonds is 6.